The molecule has 0 radical (unpaired) electrons. The van der Waals surface area contributed by atoms with Gasteiger partial charge in [0.05, 0.1) is 0 Å². The van der Waals surface area contributed by atoms with Gasteiger partial charge in [0.25, 0.3) is 10.2 Å². The zero-order chi connectivity index (χ0) is 17.0. The molecule has 2 rings (SSSR count). The van der Waals surface area contributed by atoms with Crippen molar-refractivity contribution in [2.24, 2.45) is 11.8 Å². The van der Waals surface area contributed by atoms with Crippen LogP contribution in [0.4, 0.5) is 0 Å². The minimum Gasteiger partial charge on any atom is -0.310 e. The summed E-state index contributed by atoms with van der Waals surface area (Å²) in [6.45, 7) is 11.2. The van der Waals surface area contributed by atoms with Crippen LogP contribution in [0.2, 0.25) is 0 Å². The van der Waals surface area contributed by atoms with Crippen LogP contribution in [0.15, 0.2) is 0 Å². The summed E-state index contributed by atoms with van der Waals surface area (Å²) < 4.78 is 29.8. The molecule has 2 aliphatic heterocycles. The molecule has 0 aromatic rings. The van der Waals surface area contributed by atoms with Crippen LogP contribution >= 0.6 is 12.4 Å². The zero-order valence-corrected chi connectivity index (χ0v) is 17.3. The van der Waals surface area contributed by atoms with Gasteiger partial charge in [-0.05, 0) is 43.9 Å². The van der Waals surface area contributed by atoms with Gasteiger partial charge in [0.15, 0.2) is 0 Å². The van der Waals surface area contributed by atoms with Crippen LogP contribution in [0.1, 0.15) is 59.8 Å². The lowest BCUT2D eigenvalue weighted by Gasteiger charge is -2.31. The monoisotopic (exact) mass is 381 g/mol. The molecule has 5 nitrogen and oxygen atoms in total. The smallest absolute Gasteiger partial charge is 0.282 e. The number of rotatable bonds is 8. The maximum Gasteiger partial charge on any atom is 0.282 e. The summed E-state index contributed by atoms with van der Waals surface area (Å²) in [6.07, 6.45) is 5.10. The van der Waals surface area contributed by atoms with E-state index in [1.165, 1.54) is 6.42 Å². The number of hydrogen-bond donors (Lipinski definition) is 1. The van der Waals surface area contributed by atoms with Crippen molar-refractivity contribution < 1.29 is 8.42 Å². The van der Waals surface area contributed by atoms with E-state index in [9.17, 15) is 8.42 Å². The first-order chi connectivity index (χ1) is 10.8. The Balaban J connectivity index is 0.00000288. The van der Waals surface area contributed by atoms with E-state index in [4.69, 9.17) is 0 Å². The minimum absolute atomic E-state index is 0. The lowest BCUT2D eigenvalue weighted by atomic mass is 10.1. The molecule has 0 spiro atoms. The van der Waals surface area contributed by atoms with Crippen molar-refractivity contribution in [2.45, 2.75) is 71.9 Å². The maximum atomic E-state index is 13.2. The van der Waals surface area contributed by atoms with Gasteiger partial charge >= 0.3 is 0 Å². The van der Waals surface area contributed by atoms with E-state index < -0.39 is 10.2 Å². The summed E-state index contributed by atoms with van der Waals surface area (Å²) in [5.74, 6) is 1.04. The van der Waals surface area contributed by atoms with E-state index in [1.54, 1.807) is 8.61 Å². The van der Waals surface area contributed by atoms with Gasteiger partial charge in [-0.1, -0.05) is 27.7 Å². The number of nitrogens with one attached hydrogen (secondary N) is 1. The lowest BCUT2D eigenvalue weighted by Crippen LogP contribution is -2.48. The van der Waals surface area contributed by atoms with E-state index in [2.05, 4.69) is 33.0 Å². The minimum atomic E-state index is -3.33. The quantitative estimate of drug-likeness (QED) is 0.703. The molecule has 0 amide bonds. The van der Waals surface area contributed by atoms with E-state index in [-0.39, 0.29) is 12.4 Å². The highest BCUT2D eigenvalue weighted by atomic mass is 35.5. The summed E-state index contributed by atoms with van der Waals surface area (Å²) in [7, 11) is -3.33. The summed E-state index contributed by atoms with van der Waals surface area (Å²) in [5.41, 5.74) is 0. The number of nitrogens with zero attached hydrogens (tertiary/aromatic N) is 2. The number of fused-ring (bicyclic) bond motifs is 2. The highest BCUT2D eigenvalue weighted by molar-refractivity contribution is 7.86. The third-order valence-corrected chi connectivity index (χ3v) is 7.05. The Kier molecular flexibility index (Phi) is 8.97. The third kappa shape index (κ3) is 6.13. The third-order valence-electron chi connectivity index (χ3n) is 5.05. The van der Waals surface area contributed by atoms with Crippen molar-refractivity contribution in [3.05, 3.63) is 0 Å². The molecule has 144 valence electrons. The van der Waals surface area contributed by atoms with Gasteiger partial charge in [0, 0.05) is 38.3 Å². The van der Waals surface area contributed by atoms with Crippen LogP contribution in [0, 0.1) is 11.8 Å². The van der Waals surface area contributed by atoms with Gasteiger partial charge in [-0.15, -0.1) is 12.4 Å². The summed E-state index contributed by atoms with van der Waals surface area (Å²) in [6, 6.07) is 0.856. The van der Waals surface area contributed by atoms with Crippen molar-refractivity contribution in [3.8, 4) is 0 Å². The highest BCUT2D eigenvalue weighted by Gasteiger charge is 2.36. The van der Waals surface area contributed by atoms with Gasteiger partial charge in [-0.3, -0.25) is 0 Å². The van der Waals surface area contributed by atoms with E-state index in [1.807, 2.05) is 0 Å². The lowest BCUT2D eigenvalue weighted by molar-refractivity contribution is 0.303. The van der Waals surface area contributed by atoms with Crippen LogP contribution in [0.3, 0.4) is 0 Å². The first-order valence-electron chi connectivity index (χ1n) is 9.30. The summed E-state index contributed by atoms with van der Waals surface area (Å²) >= 11 is 0. The van der Waals surface area contributed by atoms with Crippen LogP contribution in [-0.4, -0.2) is 55.3 Å². The molecular formula is C17H36ClN3O2S. The van der Waals surface area contributed by atoms with Crippen LogP contribution in [-0.2, 0) is 10.2 Å². The molecule has 1 N–H and O–H groups in total. The molecule has 2 fully saturated rings. The predicted molar refractivity (Wildman–Crippen MR) is 103 cm³/mol. The molecule has 0 saturated carbocycles. The Morgan fingerprint density at radius 1 is 1.00 bits per heavy atom. The second-order valence-electron chi connectivity index (χ2n) is 8.06. The highest BCUT2D eigenvalue weighted by Crippen LogP contribution is 2.24. The maximum absolute atomic E-state index is 13.2. The van der Waals surface area contributed by atoms with Gasteiger partial charge < -0.3 is 5.32 Å². The Morgan fingerprint density at radius 2 is 1.54 bits per heavy atom. The molecule has 24 heavy (non-hydrogen) atoms. The molecule has 0 aromatic carbocycles. The fourth-order valence-electron chi connectivity index (χ4n) is 3.43. The van der Waals surface area contributed by atoms with Gasteiger partial charge in [-0.25, -0.2) is 0 Å². The van der Waals surface area contributed by atoms with Crippen molar-refractivity contribution >= 4 is 22.6 Å². The Labute approximate surface area is 155 Å². The van der Waals surface area contributed by atoms with Crippen molar-refractivity contribution in [1.29, 1.82) is 0 Å². The SMILES string of the molecule is CC(C)CCN(CCC(C)C)S(=O)(=O)N1CCC2CCC(C1)N2.Cl. The Bertz CT molecular complexity index is 458. The average Bonchev–Trinajstić information content (AvgIpc) is 2.76. The standard InChI is InChI=1S/C17H35N3O2S.ClH/c1-14(2)7-10-19(11-8-15(3)4)23(21,22)20-12-9-16-5-6-17(13-20)18-16;/h14-18H,5-13H2,1-4H3;1H. The van der Waals surface area contributed by atoms with Crippen LogP contribution in [0.5, 0.6) is 0 Å². The normalized spacial score (nSPS) is 25.3. The van der Waals surface area contributed by atoms with E-state index in [0.717, 1.165) is 25.7 Å². The molecule has 0 aromatic heterocycles. The fraction of sp³-hybridized carbons (Fsp3) is 1.00. The predicted octanol–water partition coefficient (Wildman–Crippen LogP) is 2.87. The molecule has 2 saturated heterocycles. The molecule has 2 aliphatic rings. The van der Waals surface area contributed by atoms with Crippen molar-refractivity contribution in [2.75, 3.05) is 26.2 Å². The number of halogens is 1. The molecular weight excluding hydrogens is 346 g/mol. The largest absolute Gasteiger partial charge is 0.310 e. The fourth-order valence-corrected chi connectivity index (χ4v) is 5.13. The Morgan fingerprint density at radius 3 is 2.08 bits per heavy atom. The Hall–Kier alpha value is 0.120. The average molecular weight is 382 g/mol. The molecule has 2 heterocycles. The van der Waals surface area contributed by atoms with Gasteiger partial charge in [0.1, 0.15) is 0 Å². The molecule has 2 bridgehead atoms. The van der Waals surface area contributed by atoms with Crippen LogP contribution < -0.4 is 5.32 Å². The second kappa shape index (κ2) is 9.72. The van der Waals surface area contributed by atoms with Gasteiger partial charge in [0.2, 0.25) is 0 Å². The van der Waals surface area contributed by atoms with Crippen molar-refractivity contribution in [3.63, 3.8) is 0 Å². The van der Waals surface area contributed by atoms with Crippen molar-refractivity contribution in [1.82, 2.24) is 13.9 Å². The summed E-state index contributed by atoms with van der Waals surface area (Å²) in [5, 5.41) is 3.57. The first-order valence-corrected chi connectivity index (χ1v) is 10.7. The van der Waals surface area contributed by atoms with E-state index in [0.29, 0.717) is 50.1 Å². The molecule has 2 unspecified atom stereocenters. The second-order valence-corrected chi connectivity index (χ2v) is 9.98. The van der Waals surface area contributed by atoms with Gasteiger partial charge in [-0.2, -0.15) is 17.0 Å². The first kappa shape index (κ1) is 22.2. The van der Waals surface area contributed by atoms with Crippen LogP contribution in [0.25, 0.3) is 0 Å². The summed E-state index contributed by atoms with van der Waals surface area (Å²) in [4.78, 5) is 0. The molecule has 7 heteroatoms. The zero-order valence-electron chi connectivity index (χ0n) is 15.7. The molecule has 2 atom stereocenters. The molecule has 0 aliphatic carbocycles. The number of hydrogen-bond acceptors (Lipinski definition) is 3. The topological polar surface area (TPSA) is 52.7 Å². The van der Waals surface area contributed by atoms with E-state index >= 15 is 0 Å².